The summed E-state index contributed by atoms with van der Waals surface area (Å²) in [6.45, 7) is 2.35. The molecule has 104 valence electrons. The first kappa shape index (κ1) is 13.6. The highest BCUT2D eigenvalue weighted by Gasteiger charge is 2.15. The van der Waals surface area contributed by atoms with Gasteiger partial charge in [0.05, 0.1) is 6.42 Å². The van der Waals surface area contributed by atoms with Crippen molar-refractivity contribution in [2.75, 3.05) is 29.9 Å². The number of hydrogen-bond acceptors (Lipinski definition) is 5. The molecule has 1 aromatic rings. The highest BCUT2D eigenvalue weighted by Crippen LogP contribution is 2.23. The van der Waals surface area contributed by atoms with Gasteiger partial charge in [-0.2, -0.15) is 0 Å². The minimum atomic E-state index is -0.812. The molecule has 1 saturated heterocycles. The topological polar surface area (TPSA) is 78.3 Å². The summed E-state index contributed by atoms with van der Waals surface area (Å²) in [5.41, 5.74) is 0. The van der Waals surface area contributed by atoms with E-state index in [9.17, 15) is 4.79 Å². The molecule has 0 atom stereocenters. The number of carboxylic acids is 1. The Morgan fingerprint density at radius 2 is 1.89 bits per heavy atom. The molecule has 0 amide bonds. The largest absolute Gasteiger partial charge is 0.481 e. The standard InChI is InChI=1S/C13H20N4O2/c18-11(19)5-6-14-12-13(16-8-7-15-12)17-9-3-1-2-4-10-17/h7-8H,1-6,9-10H2,(H,14,15)(H,18,19). The van der Waals surface area contributed by atoms with Gasteiger partial charge in [0, 0.05) is 32.0 Å². The molecule has 6 heteroatoms. The Morgan fingerprint density at radius 1 is 1.21 bits per heavy atom. The smallest absolute Gasteiger partial charge is 0.305 e. The van der Waals surface area contributed by atoms with Gasteiger partial charge in [-0.3, -0.25) is 4.79 Å². The molecule has 2 heterocycles. The normalized spacial score (nSPS) is 15.9. The Kier molecular flexibility index (Phi) is 4.94. The van der Waals surface area contributed by atoms with Gasteiger partial charge in [-0.1, -0.05) is 12.8 Å². The fraction of sp³-hybridized carbons (Fsp3) is 0.615. The van der Waals surface area contributed by atoms with E-state index in [1.807, 2.05) is 0 Å². The van der Waals surface area contributed by atoms with Crippen LogP contribution in [-0.4, -0.2) is 40.7 Å². The zero-order valence-electron chi connectivity index (χ0n) is 11.0. The molecule has 0 bridgehead atoms. The maximum atomic E-state index is 10.5. The van der Waals surface area contributed by atoms with Crippen molar-refractivity contribution in [3.05, 3.63) is 12.4 Å². The van der Waals surface area contributed by atoms with Crippen LogP contribution in [0.1, 0.15) is 32.1 Å². The average Bonchev–Trinajstić information content (AvgIpc) is 2.68. The molecule has 6 nitrogen and oxygen atoms in total. The van der Waals surface area contributed by atoms with Gasteiger partial charge < -0.3 is 15.3 Å². The minimum Gasteiger partial charge on any atom is -0.481 e. The van der Waals surface area contributed by atoms with E-state index in [-0.39, 0.29) is 6.42 Å². The van der Waals surface area contributed by atoms with Gasteiger partial charge in [0.25, 0.3) is 0 Å². The first-order valence-corrected chi connectivity index (χ1v) is 6.79. The average molecular weight is 264 g/mol. The molecule has 1 aliphatic heterocycles. The summed E-state index contributed by atoms with van der Waals surface area (Å²) in [6.07, 6.45) is 8.26. The number of aliphatic carboxylic acids is 1. The van der Waals surface area contributed by atoms with Crippen molar-refractivity contribution < 1.29 is 9.90 Å². The van der Waals surface area contributed by atoms with Crippen molar-refractivity contribution in [2.24, 2.45) is 0 Å². The molecular weight excluding hydrogens is 244 g/mol. The van der Waals surface area contributed by atoms with E-state index in [2.05, 4.69) is 20.2 Å². The van der Waals surface area contributed by atoms with Crippen LogP contribution in [0.5, 0.6) is 0 Å². The molecule has 0 radical (unpaired) electrons. The molecule has 0 spiro atoms. The van der Waals surface area contributed by atoms with E-state index in [4.69, 9.17) is 5.11 Å². The third-order valence-corrected chi connectivity index (χ3v) is 3.22. The van der Waals surface area contributed by atoms with Crippen LogP contribution in [0.3, 0.4) is 0 Å². The Morgan fingerprint density at radius 3 is 2.58 bits per heavy atom. The monoisotopic (exact) mass is 264 g/mol. The predicted molar refractivity (Wildman–Crippen MR) is 73.5 cm³/mol. The van der Waals surface area contributed by atoms with E-state index in [0.717, 1.165) is 18.9 Å². The summed E-state index contributed by atoms with van der Waals surface area (Å²) in [5, 5.41) is 11.7. The van der Waals surface area contributed by atoms with Crippen molar-refractivity contribution in [3.63, 3.8) is 0 Å². The van der Waals surface area contributed by atoms with Gasteiger partial charge in [0.15, 0.2) is 11.6 Å². The molecular formula is C13H20N4O2. The van der Waals surface area contributed by atoms with Crippen LogP contribution in [0.15, 0.2) is 12.4 Å². The van der Waals surface area contributed by atoms with E-state index < -0.39 is 5.97 Å². The van der Waals surface area contributed by atoms with E-state index >= 15 is 0 Å². The van der Waals surface area contributed by atoms with Crippen molar-refractivity contribution >= 4 is 17.6 Å². The summed E-state index contributed by atoms with van der Waals surface area (Å²) < 4.78 is 0. The molecule has 2 rings (SSSR count). The van der Waals surface area contributed by atoms with Gasteiger partial charge in [-0.25, -0.2) is 9.97 Å². The first-order chi connectivity index (χ1) is 9.27. The molecule has 1 aromatic heterocycles. The number of carbonyl (C=O) groups is 1. The van der Waals surface area contributed by atoms with Gasteiger partial charge in [0.2, 0.25) is 0 Å². The Bertz CT molecular complexity index is 417. The molecule has 1 fully saturated rings. The number of rotatable bonds is 5. The Hall–Kier alpha value is -1.85. The second-order valence-corrected chi connectivity index (χ2v) is 4.70. The summed E-state index contributed by atoms with van der Waals surface area (Å²) >= 11 is 0. The fourth-order valence-electron chi connectivity index (χ4n) is 2.26. The minimum absolute atomic E-state index is 0.0794. The van der Waals surface area contributed by atoms with Crippen LogP contribution in [0, 0.1) is 0 Å². The van der Waals surface area contributed by atoms with Gasteiger partial charge in [-0.05, 0) is 12.8 Å². The molecule has 2 N–H and O–H groups in total. The highest BCUT2D eigenvalue weighted by atomic mass is 16.4. The Balaban J connectivity index is 2.04. The third-order valence-electron chi connectivity index (χ3n) is 3.22. The molecule has 0 unspecified atom stereocenters. The molecule has 19 heavy (non-hydrogen) atoms. The van der Waals surface area contributed by atoms with Crippen LogP contribution >= 0.6 is 0 Å². The van der Waals surface area contributed by atoms with Crippen LogP contribution in [0.25, 0.3) is 0 Å². The van der Waals surface area contributed by atoms with Crippen LogP contribution < -0.4 is 10.2 Å². The second-order valence-electron chi connectivity index (χ2n) is 4.70. The number of nitrogens with one attached hydrogen (secondary N) is 1. The predicted octanol–water partition coefficient (Wildman–Crippen LogP) is 1.74. The highest BCUT2D eigenvalue weighted by molar-refractivity contribution is 5.68. The summed E-state index contributed by atoms with van der Waals surface area (Å²) in [4.78, 5) is 21.4. The zero-order chi connectivity index (χ0) is 13.5. The number of carboxylic acid groups (broad SMARTS) is 1. The number of nitrogens with zero attached hydrogens (tertiary/aromatic N) is 3. The molecule has 0 aromatic carbocycles. The molecule has 0 saturated carbocycles. The number of anilines is 2. The van der Waals surface area contributed by atoms with Gasteiger partial charge in [0.1, 0.15) is 0 Å². The van der Waals surface area contributed by atoms with Crippen molar-refractivity contribution in [1.82, 2.24) is 9.97 Å². The van der Waals surface area contributed by atoms with Gasteiger partial charge in [-0.15, -0.1) is 0 Å². The maximum Gasteiger partial charge on any atom is 0.305 e. The summed E-state index contributed by atoms with van der Waals surface area (Å²) in [6, 6.07) is 0. The van der Waals surface area contributed by atoms with E-state index in [1.165, 1.54) is 25.7 Å². The van der Waals surface area contributed by atoms with E-state index in [0.29, 0.717) is 12.4 Å². The SMILES string of the molecule is O=C(O)CCNc1nccnc1N1CCCCCC1. The second kappa shape index (κ2) is 6.92. The first-order valence-electron chi connectivity index (χ1n) is 6.79. The number of hydrogen-bond donors (Lipinski definition) is 2. The van der Waals surface area contributed by atoms with Crippen LogP contribution in [0.2, 0.25) is 0 Å². The van der Waals surface area contributed by atoms with Crippen molar-refractivity contribution in [1.29, 1.82) is 0 Å². The maximum absolute atomic E-state index is 10.5. The Labute approximate surface area is 112 Å². The quantitative estimate of drug-likeness (QED) is 0.843. The van der Waals surface area contributed by atoms with Crippen molar-refractivity contribution in [3.8, 4) is 0 Å². The molecule has 0 aliphatic carbocycles. The third kappa shape index (κ3) is 4.08. The lowest BCUT2D eigenvalue weighted by atomic mass is 10.2. The lowest BCUT2D eigenvalue weighted by Crippen LogP contribution is -2.26. The van der Waals surface area contributed by atoms with Crippen LogP contribution in [-0.2, 0) is 4.79 Å². The summed E-state index contributed by atoms with van der Waals surface area (Å²) in [7, 11) is 0. The lowest BCUT2D eigenvalue weighted by molar-refractivity contribution is -0.136. The zero-order valence-corrected chi connectivity index (χ0v) is 11.0. The van der Waals surface area contributed by atoms with Crippen molar-refractivity contribution in [2.45, 2.75) is 32.1 Å². The molecule has 1 aliphatic rings. The lowest BCUT2D eigenvalue weighted by Gasteiger charge is -2.23. The summed E-state index contributed by atoms with van der Waals surface area (Å²) in [5.74, 6) is 0.716. The fourth-order valence-corrected chi connectivity index (χ4v) is 2.26. The van der Waals surface area contributed by atoms with Gasteiger partial charge >= 0.3 is 5.97 Å². The van der Waals surface area contributed by atoms with E-state index in [1.54, 1.807) is 12.4 Å². The number of aromatic nitrogens is 2. The van der Waals surface area contributed by atoms with Crippen LogP contribution in [0.4, 0.5) is 11.6 Å².